The Hall–Kier alpha value is -4.08. The lowest BCUT2D eigenvalue weighted by molar-refractivity contribution is -0.136. The van der Waals surface area contributed by atoms with Gasteiger partial charge in [0.1, 0.15) is 15.5 Å². The van der Waals surface area contributed by atoms with Crippen LogP contribution in [0.2, 0.25) is 0 Å². The third-order valence-electron chi connectivity index (χ3n) is 6.91. The van der Waals surface area contributed by atoms with Gasteiger partial charge in [-0.25, -0.2) is 15.0 Å². The number of rotatable bonds is 8. The van der Waals surface area contributed by atoms with E-state index in [9.17, 15) is 23.1 Å². The Morgan fingerprint density at radius 2 is 1.93 bits per heavy atom. The fourth-order valence-corrected chi connectivity index (χ4v) is 5.68. The highest BCUT2D eigenvalue weighted by molar-refractivity contribution is 7.21. The molecule has 1 unspecified atom stereocenters. The molecule has 0 bridgehead atoms. The van der Waals surface area contributed by atoms with E-state index in [-0.39, 0.29) is 45.2 Å². The fraction of sp³-hybridized carbons (Fsp3) is 0.346. The third kappa shape index (κ3) is 6.01. The standard InChI is InChI=1S/C26H27F3N8O3S/c1-40-25-34-10-14(11-35-25)17-3-2-13(9-33-17)18(38)12-32-15-4-6-37(7-5-15)19-8-16(26(27,28)29)20-21(30)22(23(31)39)41-24(20)36-19/h2-3,8-11,15,18,32,38H,4-7,12,30H2,1H3,(H2,31,39). The van der Waals surface area contributed by atoms with Gasteiger partial charge in [-0.15, -0.1) is 11.3 Å². The molecule has 4 aromatic heterocycles. The molecule has 1 atom stereocenters. The van der Waals surface area contributed by atoms with E-state index in [1.807, 2.05) is 0 Å². The lowest BCUT2D eigenvalue weighted by atomic mass is 10.0. The normalized spacial score (nSPS) is 15.3. The van der Waals surface area contributed by atoms with Gasteiger partial charge in [-0.3, -0.25) is 9.78 Å². The Balaban J connectivity index is 1.20. The average molecular weight is 589 g/mol. The van der Waals surface area contributed by atoms with E-state index in [1.54, 1.807) is 35.6 Å². The van der Waals surface area contributed by atoms with Gasteiger partial charge < -0.3 is 31.5 Å². The highest BCUT2D eigenvalue weighted by Crippen LogP contribution is 2.43. The monoisotopic (exact) mass is 588 g/mol. The first-order valence-electron chi connectivity index (χ1n) is 12.6. The molecule has 1 aliphatic rings. The van der Waals surface area contributed by atoms with Crippen LogP contribution in [-0.4, -0.2) is 63.7 Å². The number of thiophene rings is 1. The molecule has 5 heterocycles. The predicted molar refractivity (Wildman–Crippen MR) is 148 cm³/mol. The Kier molecular flexibility index (Phi) is 7.93. The molecule has 0 saturated carbocycles. The summed E-state index contributed by atoms with van der Waals surface area (Å²) < 4.78 is 46.7. The number of nitrogens with zero attached hydrogens (tertiary/aromatic N) is 5. The maximum atomic E-state index is 13.9. The Labute approximate surface area is 236 Å². The average Bonchev–Trinajstić information content (AvgIpc) is 3.31. The van der Waals surface area contributed by atoms with Gasteiger partial charge in [0.2, 0.25) is 0 Å². The van der Waals surface area contributed by atoms with Crippen LogP contribution in [0.4, 0.5) is 24.7 Å². The van der Waals surface area contributed by atoms with Crippen LogP contribution >= 0.6 is 11.3 Å². The first kappa shape index (κ1) is 28.4. The van der Waals surface area contributed by atoms with Gasteiger partial charge in [0.05, 0.1) is 30.2 Å². The van der Waals surface area contributed by atoms with Gasteiger partial charge in [-0.2, -0.15) is 13.2 Å². The highest BCUT2D eigenvalue weighted by Gasteiger charge is 2.37. The quantitative estimate of drug-likeness (QED) is 0.240. The number of amides is 1. The largest absolute Gasteiger partial charge is 0.467 e. The van der Waals surface area contributed by atoms with Crippen molar-refractivity contribution in [3.63, 3.8) is 0 Å². The number of hydrogen-bond acceptors (Lipinski definition) is 11. The first-order chi connectivity index (χ1) is 19.5. The molecule has 0 aliphatic carbocycles. The number of nitrogens with one attached hydrogen (secondary N) is 1. The van der Waals surface area contributed by atoms with Crippen molar-refractivity contribution in [1.29, 1.82) is 0 Å². The lowest BCUT2D eigenvalue weighted by Crippen LogP contribution is -2.44. The van der Waals surface area contributed by atoms with Crippen molar-refractivity contribution in [2.75, 3.05) is 37.4 Å². The Bertz CT molecular complexity index is 1540. The molecule has 0 radical (unpaired) electrons. The van der Waals surface area contributed by atoms with Crippen molar-refractivity contribution >= 4 is 39.0 Å². The smallest absolute Gasteiger partial charge is 0.417 e. The summed E-state index contributed by atoms with van der Waals surface area (Å²) in [5.41, 5.74) is 11.9. The third-order valence-corrected chi connectivity index (χ3v) is 8.03. The van der Waals surface area contributed by atoms with Crippen molar-refractivity contribution in [3.05, 3.63) is 52.8 Å². The zero-order valence-electron chi connectivity index (χ0n) is 21.9. The van der Waals surface area contributed by atoms with Crippen molar-refractivity contribution in [2.24, 2.45) is 5.73 Å². The summed E-state index contributed by atoms with van der Waals surface area (Å²) in [7, 11) is 1.48. The van der Waals surface area contributed by atoms with Crippen molar-refractivity contribution in [2.45, 2.75) is 31.2 Å². The molecule has 15 heteroatoms. The number of carbonyl (C=O) groups excluding carboxylic acids is 1. The van der Waals surface area contributed by atoms with Gasteiger partial charge in [0.15, 0.2) is 0 Å². The van der Waals surface area contributed by atoms with E-state index in [1.165, 1.54) is 7.11 Å². The number of carbonyl (C=O) groups is 1. The summed E-state index contributed by atoms with van der Waals surface area (Å²) in [6, 6.07) is 4.83. The van der Waals surface area contributed by atoms with Gasteiger partial charge in [0, 0.05) is 60.8 Å². The number of nitrogen functional groups attached to an aromatic ring is 1. The molecule has 6 N–H and O–H groups in total. The molecule has 1 saturated heterocycles. The molecule has 11 nitrogen and oxygen atoms in total. The summed E-state index contributed by atoms with van der Waals surface area (Å²) in [6.07, 6.45) is 0.557. The van der Waals surface area contributed by atoms with Crippen LogP contribution < -0.4 is 26.4 Å². The number of aromatic nitrogens is 4. The predicted octanol–water partition coefficient (Wildman–Crippen LogP) is 3.15. The zero-order valence-corrected chi connectivity index (χ0v) is 22.7. The molecule has 1 aliphatic heterocycles. The fourth-order valence-electron chi connectivity index (χ4n) is 4.71. The minimum atomic E-state index is -4.69. The molecule has 0 spiro atoms. The summed E-state index contributed by atoms with van der Waals surface area (Å²) in [5.74, 6) is -0.734. The summed E-state index contributed by atoms with van der Waals surface area (Å²) in [5, 5.41) is 13.7. The number of methoxy groups -OCH3 is 1. The molecule has 5 rings (SSSR count). The number of ether oxygens (including phenoxy) is 1. The van der Waals surface area contributed by atoms with E-state index in [4.69, 9.17) is 16.2 Å². The van der Waals surface area contributed by atoms with Crippen molar-refractivity contribution in [3.8, 4) is 17.3 Å². The number of halogens is 3. The topological polar surface area (TPSA) is 165 Å². The number of primary amides is 1. The Morgan fingerprint density at radius 3 is 2.51 bits per heavy atom. The van der Waals surface area contributed by atoms with Crippen molar-refractivity contribution in [1.82, 2.24) is 25.3 Å². The minimum Gasteiger partial charge on any atom is -0.467 e. The van der Waals surface area contributed by atoms with Crippen LogP contribution in [0.1, 0.15) is 39.7 Å². The number of piperidine rings is 1. The van der Waals surface area contributed by atoms with E-state index >= 15 is 0 Å². The summed E-state index contributed by atoms with van der Waals surface area (Å²) in [6.45, 7) is 1.19. The highest BCUT2D eigenvalue weighted by atomic mass is 32.1. The summed E-state index contributed by atoms with van der Waals surface area (Å²) in [4.78, 5) is 30.2. The molecule has 216 valence electrons. The summed E-state index contributed by atoms with van der Waals surface area (Å²) >= 11 is 0.757. The second kappa shape index (κ2) is 11.4. The van der Waals surface area contributed by atoms with Crippen LogP contribution in [0.5, 0.6) is 6.01 Å². The zero-order chi connectivity index (χ0) is 29.3. The second-order valence-electron chi connectivity index (χ2n) is 9.54. The van der Waals surface area contributed by atoms with E-state index in [2.05, 4.69) is 25.3 Å². The number of aliphatic hydroxyl groups excluding tert-OH is 1. The number of hydrogen-bond donors (Lipinski definition) is 4. The SMILES string of the molecule is COc1ncc(-c2ccc(C(O)CNC3CCN(c4cc(C(F)(F)F)c5c(N)c(C(N)=O)sc5n4)CC3)cn2)cn1. The second-order valence-corrected chi connectivity index (χ2v) is 10.5. The molecular formula is C26H27F3N8O3S. The molecule has 4 aromatic rings. The number of anilines is 2. The number of fused-ring (bicyclic) bond motifs is 1. The number of aliphatic hydroxyl groups is 1. The number of pyridine rings is 2. The molecular weight excluding hydrogens is 561 g/mol. The van der Waals surface area contributed by atoms with Crippen LogP contribution in [-0.2, 0) is 6.18 Å². The lowest BCUT2D eigenvalue weighted by Gasteiger charge is -2.34. The molecule has 1 fully saturated rings. The van der Waals surface area contributed by atoms with Crippen LogP contribution in [0, 0.1) is 0 Å². The number of nitrogens with two attached hydrogens (primary N) is 2. The van der Waals surface area contributed by atoms with Crippen LogP contribution in [0.3, 0.4) is 0 Å². The van der Waals surface area contributed by atoms with Crippen LogP contribution in [0.25, 0.3) is 21.5 Å². The van der Waals surface area contributed by atoms with Gasteiger partial charge in [-0.05, 0) is 25.0 Å². The van der Waals surface area contributed by atoms with Gasteiger partial charge in [0.25, 0.3) is 5.91 Å². The van der Waals surface area contributed by atoms with Gasteiger partial charge >= 0.3 is 12.2 Å². The van der Waals surface area contributed by atoms with Crippen LogP contribution in [0.15, 0.2) is 36.8 Å². The molecule has 41 heavy (non-hydrogen) atoms. The van der Waals surface area contributed by atoms with E-state index < -0.39 is 23.8 Å². The molecule has 0 aromatic carbocycles. The van der Waals surface area contributed by atoms with E-state index in [0.29, 0.717) is 42.8 Å². The van der Waals surface area contributed by atoms with Gasteiger partial charge in [-0.1, -0.05) is 6.07 Å². The molecule has 1 amide bonds. The minimum absolute atomic E-state index is 0.0173. The Morgan fingerprint density at radius 1 is 1.22 bits per heavy atom. The number of alkyl halides is 3. The van der Waals surface area contributed by atoms with E-state index in [0.717, 1.165) is 17.4 Å². The maximum Gasteiger partial charge on any atom is 0.417 e. The van der Waals surface area contributed by atoms with Crippen molar-refractivity contribution < 1.29 is 27.8 Å². The first-order valence-corrected chi connectivity index (χ1v) is 13.5. The maximum absolute atomic E-state index is 13.9.